The van der Waals surface area contributed by atoms with Gasteiger partial charge in [-0.3, -0.25) is 9.69 Å². The highest BCUT2D eigenvalue weighted by Gasteiger charge is 2.25. The first-order valence-electron chi connectivity index (χ1n) is 9.51. The number of benzene rings is 2. The van der Waals surface area contributed by atoms with Crippen molar-refractivity contribution in [1.82, 2.24) is 9.88 Å². The van der Waals surface area contributed by atoms with Crippen LogP contribution in [0, 0.1) is 11.6 Å². The van der Waals surface area contributed by atoms with Crippen molar-refractivity contribution in [3.63, 3.8) is 0 Å². The zero-order valence-corrected chi connectivity index (χ0v) is 18.5. The Morgan fingerprint density at radius 1 is 1.17 bits per heavy atom. The van der Waals surface area contributed by atoms with Crippen molar-refractivity contribution >= 4 is 44.2 Å². The second kappa shape index (κ2) is 9.68. The standard InChI is InChI=1S/C21H22ClF2N3O2S/c1-4-26(5-2)10-11-27(20(28)14-7-6-13(23)12-16(14)24)21-25-18-17(29-3)9-8-15(22)19(18)30-21/h6-9,12H,4-5,10-11H2,1-3H3. The van der Waals surface area contributed by atoms with Gasteiger partial charge in [-0.25, -0.2) is 13.8 Å². The molecule has 160 valence electrons. The Hall–Kier alpha value is -2.29. The molecular formula is C21H22ClF2N3O2S. The highest BCUT2D eigenvalue weighted by atomic mass is 35.5. The molecular weight excluding hydrogens is 432 g/mol. The zero-order valence-electron chi connectivity index (χ0n) is 16.9. The number of ether oxygens (including phenoxy) is 1. The summed E-state index contributed by atoms with van der Waals surface area (Å²) in [6.45, 7) is 6.53. The first-order valence-corrected chi connectivity index (χ1v) is 10.7. The number of hydrogen-bond donors (Lipinski definition) is 0. The highest BCUT2D eigenvalue weighted by molar-refractivity contribution is 7.23. The predicted octanol–water partition coefficient (Wildman–Crippen LogP) is 5.23. The van der Waals surface area contributed by atoms with E-state index in [9.17, 15) is 13.6 Å². The molecule has 0 saturated carbocycles. The largest absolute Gasteiger partial charge is 0.494 e. The monoisotopic (exact) mass is 453 g/mol. The minimum Gasteiger partial charge on any atom is -0.494 e. The summed E-state index contributed by atoms with van der Waals surface area (Å²) in [4.78, 5) is 21.4. The first kappa shape index (κ1) is 22.4. The summed E-state index contributed by atoms with van der Waals surface area (Å²) in [5.41, 5.74) is 0.318. The molecule has 0 spiro atoms. The smallest absolute Gasteiger partial charge is 0.263 e. The highest BCUT2D eigenvalue weighted by Crippen LogP contribution is 2.39. The molecule has 5 nitrogen and oxygen atoms in total. The minimum atomic E-state index is -0.912. The number of likely N-dealkylation sites (N-methyl/N-ethyl adjacent to an activating group) is 1. The van der Waals surface area contributed by atoms with Gasteiger partial charge < -0.3 is 9.64 Å². The number of nitrogens with zero attached hydrogens (tertiary/aromatic N) is 3. The molecule has 0 bridgehead atoms. The summed E-state index contributed by atoms with van der Waals surface area (Å²) in [6, 6.07) is 6.33. The van der Waals surface area contributed by atoms with E-state index in [-0.39, 0.29) is 12.1 Å². The van der Waals surface area contributed by atoms with Gasteiger partial charge in [0.1, 0.15) is 22.9 Å². The van der Waals surface area contributed by atoms with E-state index in [2.05, 4.69) is 9.88 Å². The number of anilines is 1. The van der Waals surface area contributed by atoms with E-state index in [4.69, 9.17) is 16.3 Å². The number of thiazole rings is 1. The maximum atomic E-state index is 14.3. The lowest BCUT2D eigenvalue weighted by molar-refractivity contribution is 0.0980. The molecule has 3 aromatic rings. The number of amides is 1. The molecule has 2 aromatic carbocycles. The van der Waals surface area contributed by atoms with Gasteiger partial charge in [-0.1, -0.05) is 36.8 Å². The lowest BCUT2D eigenvalue weighted by atomic mass is 10.2. The Kier molecular flexibility index (Phi) is 7.23. The second-order valence-electron chi connectivity index (χ2n) is 6.53. The van der Waals surface area contributed by atoms with Crippen LogP contribution >= 0.6 is 22.9 Å². The van der Waals surface area contributed by atoms with Crippen LogP contribution in [-0.4, -0.2) is 49.1 Å². The van der Waals surface area contributed by atoms with Gasteiger partial charge in [0.05, 0.1) is 22.4 Å². The number of rotatable bonds is 8. The third-order valence-electron chi connectivity index (χ3n) is 4.84. The summed E-state index contributed by atoms with van der Waals surface area (Å²) in [5.74, 6) is -1.71. The SMILES string of the molecule is CCN(CC)CCN(C(=O)c1ccc(F)cc1F)c1nc2c(OC)ccc(Cl)c2s1. The number of carbonyl (C=O) groups is 1. The van der Waals surface area contributed by atoms with Crippen molar-refractivity contribution in [2.45, 2.75) is 13.8 Å². The predicted molar refractivity (Wildman–Crippen MR) is 117 cm³/mol. The van der Waals surface area contributed by atoms with E-state index < -0.39 is 17.5 Å². The molecule has 0 N–H and O–H groups in total. The summed E-state index contributed by atoms with van der Waals surface area (Å²) in [6.07, 6.45) is 0. The Morgan fingerprint density at radius 2 is 1.90 bits per heavy atom. The molecule has 0 unspecified atom stereocenters. The van der Waals surface area contributed by atoms with Crippen LogP contribution in [0.2, 0.25) is 5.02 Å². The lowest BCUT2D eigenvalue weighted by Gasteiger charge is -2.24. The van der Waals surface area contributed by atoms with Gasteiger partial charge in [0.15, 0.2) is 5.13 Å². The third-order valence-corrected chi connectivity index (χ3v) is 6.38. The molecule has 0 aliphatic heterocycles. The van der Waals surface area contributed by atoms with Crippen molar-refractivity contribution in [2.24, 2.45) is 0 Å². The van der Waals surface area contributed by atoms with Gasteiger partial charge in [-0.05, 0) is 37.4 Å². The number of aromatic nitrogens is 1. The number of hydrogen-bond acceptors (Lipinski definition) is 5. The van der Waals surface area contributed by atoms with E-state index >= 15 is 0 Å². The molecule has 30 heavy (non-hydrogen) atoms. The molecule has 3 rings (SSSR count). The molecule has 1 aromatic heterocycles. The molecule has 9 heteroatoms. The Morgan fingerprint density at radius 3 is 2.53 bits per heavy atom. The number of fused-ring (bicyclic) bond motifs is 1. The van der Waals surface area contributed by atoms with Crippen LogP contribution in [0.4, 0.5) is 13.9 Å². The van der Waals surface area contributed by atoms with Crippen LogP contribution < -0.4 is 9.64 Å². The number of methoxy groups -OCH3 is 1. The van der Waals surface area contributed by atoms with Crippen LogP contribution in [-0.2, 0) is 0 Å². The number of carbonyl (C=O) groups excluding carboxylic acids is 1. The van der Waals surface area contributed by atoms with Crippen molar-refractivity contribution in [3.8, 4) is 5.75 Å². The molecule has 0 saturated heterocycles. The lowest BCUT2D eigenvalue weighted by Crippen LogP contribution is -2.39. The van der Waals surface area contributed by atoms with Gasteiger partial charge in [0, 0.05) is 19.2 Å². The molecule has 0 fully saturated rings. The normalized spacial score (nSPS) is 11.3. The molecule has 1 amide bonds. The van der Waals surface area contributed by atoms with Gasteiger partial charge in [-0.15, -0.1) is 0 Å². The fraction of sp³-hybridized carbons (Fsp3) is 0.333. The van der Waals surface area contributed by atoms with E-state index in [1.807, 2.05) is 13.8 Å². The van der Waals surface area contributed by atoms with Crippen molar-refractivity contribution in [2.75, 3.05) is 38.2 Å². The fourth-order valence-corrected chi connectivity index (χ4v) is 4.38. The third kappa shape index (κ3) is 4.55. The van der Waals surface area contributed by atoms with E-state index in [0.717, 1.165) is 25.2 Å². The van der Waals surface area contributed by atoms with Gasteiger partial charge in [0.25, 0.3) is 5.91 Å². The van der Waals surface area contributed by atoms with E-state index in [0.29, 0.717) is 38.7 Å². The molecule has 0 aliphatic rings. The minimum absolute atomic E-state index is 0.215. The van der Waals surface area contributed by atoms with Crippen molar-refractivity contribution in [3.05, 3.63) is 52.6 Å². The van der Waals surface area contributed by atoms with Crippen LogP contribution in [0.1, 0.15) is 24.2 Å². The van der Waals surface area contributed by atoms with Crippen LogP contribution in [0.3, 0.4) is 0 Å². The van der Waals surface area contributed by atoms with Crippen molar-refractivity contribution < 1.29 is 18.3 Å². The summed E-state index contributed by atoms with van der Waals surface area (Å²) in [7, 11) is 1.53. The van der Waals surface area contributed by atoms with Crippen molar-refractivity contribution in [1.29, 1.82) is 0 Å². The zero-order chi connectivity index (χ0) is 21.8. The van der Waals surface area contributed by atoms with Gasteiger partial charge in [-0.2, -0.15) is 0 Å². The van der Waals surface area contributed by atoms with E-state index in [1.54, 1.807) is 12.1 Å². The molecule has 0 radical (unpaired) electrons. The molecule has 1 heterocycles. The quantitative estimate of drug-likeness (QED) is 0.469. The van der Waals surface area contributed by atoms with Crippen LogP contribution in [0.15, 0.2) is 30.3 Å². The Bertz CT molecular complexity index is 1060. The van der Waals surface area contributed by atoms with E-state index in [1.165, 1.54) is 23.3 Å². The van der Waals surface area contributed by atoms with Crippen LogP contribution in [0.25, 0.3) is 10.2 Å². The average Bonchev–Trinajstić information content (AvgIpc) is 3.17. The number of halogens is 3. The summed E-state index contributed by atoms with van der Waals surface area (Å²) < 4.78 is 33.7. The first-order chi connectivity index (χ1) is 14.4. The summed E-state index contributed by atoms with van der Waals surface area (Å²) >= 11 is 7.54. The Labute approximate surface area is 182 Å². The maximum absolute atomic E-state index is 14.3. The topological polar surface area (TPSA) is 45.7 Å². The fourth-order valence-electron chi connectivity index (χ4n) is 3.09. The Balaban J connectivity index is 2.06. The molecule has 0 aliphatic carbocycles. The maximum Gasteiger partial charge on any atom is 0.263 e. The van der Waals surface area contributed by atoms with Gasteiger partial charge >= 0.3 is 0 Å². The summed E-state index contributed by atoms with van der Waals surface area (Å²) in [5, 5.41) is 0.857. The molecule has 0 atom stereocenters. The average molecular weight is 454 g/mol. The van der Waals surface area contributed by atoms with Crippen LogP contribution in [0.5, 0.6) is 5.75 Å². The van der Waals surface area contributed by atoms with Gasteiger partial charge in [0.2, 0.25) is 0 Å². The second-order valence-corrected chi connectivity index (χ2v) is 7.92.